The maximum Gasteiger partial charge on any atom is 0.352 e. The lowest BCUT2D eigenvalue weighted by Gasteiger charge is -2.32. The van der Waals surface area contributed by atoms with Gasteiger partial charge in [-0.15, -0.1) is 0 Å². The van der Waals surface area contributed by atoms with Crippen LogP contribution in [0, 0.1) is 6.92 Å². The van der Waals surface area contributed by atoms with Gasteiger partial charge >= 0.3 is 5.97 Å². The lowest BCUT2D eigenvalue weighted by atomic mass is 9.86. The number of hydrogen-bond donors (Lipinski definition) is 4. The molecule has 10 heteroatoms. The molecular weight excluding hydrogens is 658 g/mol. The van der Waals surface area contributed by atoms with Crippen molar-refractivity contribution in [2.24, 2.45) is 0 Å². The summed E-state index contributed by atoms with van der Waals surface area (Å²) in [5.41, 5.74) is 5.06. The standard InChI is InChI=1S/C42H45N3O7/c1-28-38(36(44-43-28)27-52-31-18-16-30(17-19-31)42(49)20-25-50-26-21-42)35-13-7-12-33-34(40(41(47)48)45(39(33)35)22-4-5-23-46)14-8-24-51-37-15-6-10-29-9-2-3-11-32(29)37/h2-3,6-7,9-13,15-19,46,49H,4-5,8,14,20-27H2,1H3,(H,43,44)(H,47,48). The molecule has 52 heavy (non-hydrogen) atoms. The Hall–Kier alpha value is -5.16. The van der Waals surface area contributed by atoms with E-state index in [4.69, 9.17) is 14.2 Å². The van der Waals surface area contributed by atoms with Crippen molar-refractivity contribution in [3.63, 3.8) is 0 Å². The van der Waals surface area contributed by atoms with Crippen LogP contribution in [0.1, 0.15) is 65.1 Å². The molecule has 270 valence electrons. The highest BCUT2D eigenvalue weighted by molar-refractivity contribution is 6.04. The summed E-state index contributed by atoms with van der Waals surface area (Å²) >= 11 is 0. The van der Waals surface area contributed by atoms with E-state index >= 15 is 0 Å². The molecule has 1 aliphatic rings. The molecule has 10 nitrogen and oxygen atoms in total. The van der Waals surface area contributed by atoms with E-state index in [1.54, 1.807) is 0 Å². The number of nitrogens with zero attached hydrogens (tertiary/aromatic N) is 2. The molecule has 6 aromatic rings. The monoisotopic (exact) mass is 703 g/mol. The van der Waals surface area contributed by atoms with Gasteiger partial charge in [0, 0.05) is 66.8 Å². The summed E-state index contributed by atoms with van der Waals surface area (Å²) in [6, 6.07) is 27.6. The molecule has 7 rings (SSSR count). The van der Waals surface area contributed by atoms with Crippen LogP contribution in [-0.2, 0) is 29.9 Å². The number of benzene rings is 4. The molecule has 4 aromatic carbocycles. The van der Waals surface area contributed by atoms with Gasteiger partial charge in [-0.05, 0) is 67.3 Å². The molecule has 2 aromatic heterocycles. The number of aromatic amines is 1. The Morgan fingerprint density at radius 2 is 1.67 bits per heavy atom. The van der Waals surface area contributed by atoms with Crippen molar-refractivity contribution in [3.8, 4) is 22.6 Å². The van der Waals surface area contributed by atoms with Gasteiger partial charge in [-0.3, -0.25) is 5.10 Å². The van der Waals surface area contributed by atoms with Gasteiger partial charge in [0.2, 0.25) is 0 Å². The van der Waals surface area contributed by atoms with Crippen molar-refractivity contribution in [2.45, 2.75) is 64.2 Å². The summed E-state index contributed by atoms with van der Waals surface area (Å²) in [5, 5.41) is 42.1. The number of fused-ring (bicyclic) bond motifs is 2. The number of aryl methyl sites for hydroxylation is 3. The Labute approximate surface area is 302 Å². The van der Waals surface area contributed by atoms with Gasteiger partial charge in [0.25, 0.3) is 0 Å². The lowest BCUT2D eigenvalue weighted by Crippen LogP contribution is -2.33. The Morgan fingerprint density at radius 1 is 0.923 bits per heavy atom. The normalized spacial score (nSPS) is 14.2. The third kappa shape index (κ3) is 7.14. The van der Waals surface area contributed by atoms with Gasteiger partial charge in [-0.25, -0.2) is 4.79 Å². The molecule has 0 saturated carbocycles. The topological polar surface area (TPSA) is 139 Å². The zero-order valence-corrected chi connectivity index (χ0v) is 29.4. The third-order valence-corrected chi connectivity index (χ3v) is 10.1. The number of unbranched alkanes of at least 4 members (excludes halogenated alkanes) is 1. The number of aromatic carboxylic acids is 1. The summed E-state index contributed by atoms with van der Waals surface area (Å²) in [4.78, 5) is 13.0. The summed E-state index contributed by atoms with van der Waals surface area (Å²) in [5.74, 6) is 0.471. The maximum atomic E-state index is 13.0. The number of rotatable bonds is 15. The van der Waals surface area contributed by atoms with Gasteiger partial charge in [-0.1, -0.05) is 66.7 Å². The lowest BCUT2D eigenvalue weighted by molar-refractivity contribution is -0.0679. The van der Waals surface area contributed by atoms with Gasteiger partial charge in [-0.2, -0.15) is 5.10 Å². The van der Waals surface area contributed by atoms with Crippen molar-refractivity contribution in [1.82, 2.24) is 14.8 Å². The second-order valence-electron chi connectivity index (χ2n) is 13.5. The Morgan fingerprint density at radius 3 is 2.46 bits per heavy atom. The highest BCUT2D eigenvalue weighted by atomic mass is 16.5. The van der Waals surface area contributed by atoms with Crippen molar-refractivity contribution in [1.29, 1.82) is 0 Å². The van der Waals surface area contributed by atoms with E-state index in [1.165, 1.54) is 0 Å². The van der Waals surface area contributed by atoms with Crippen LogP contribution in [0.2, 0.25) is 0 Å². The van der Waals surface area contributed by atoms with Crippen LogP contribution in [0.15, 0.2) is 84.9 Å². The molecule has 0 amide bonds. The minimum atomic E-state index is -0.988. The predicted octanol–water partition coefficient (Wildman–Crippen LogP) is 7.55. The fraction of sp³-hybridized carbons (Fsp3) is 0.333. The van der Waals surface area contributed by atoms with Gasteiger partial charge in [0.1, 0.15) is 29.5 Å². The molecule has 3 heterocycles. The average Bonchev–Trinajstić information content (AvgIpc) is 3.70. The molecule has 4 N–H and O–H groups in total. The fourth-order valence-corrected chi connectivity index (χ4v) is 7.49. The number of ether oxygens (including phenoxy) is 3. The SMILES string of the molecule is Cc1[nH]nc(COc2ccc(C3(O)CCOCC3)cc2)c1-c1cccc2c(CCCOc3cccc4ccccc34)c(C(=O)O)n(CCCCO)c12. The minimum absolute atomic E-state index is 0.0316. The molecule has 1 aliphatic heterocycles. The first-order valence-corrected chi connectivity index (χ1v) is 18.0. The van der Waals surface area contributed by atoms with Crippen molar-refractivity contribution in [3.05, 3.63) is 113 Å². The quantitative estimate of drug-likeness (QED) is 0.0805. The van der Waals surface area contributed by atoms with Crippen molar-refractivity contribution < 1.29 is 34.3 Å². The Balaban J connectivity index is 1.18. The van der Waals surface area contributed by atoms with E-state index in [2.05, 4.69) is 22.3 Å². The summed E-state index contributed by atoms with van der Waals surface area (Å²) in [7, 11) is 0. The molecule has 0 aliphatic carbocycles. The molecule has 0 unspecified atom stereocenters. The molecule has 1 saturated heterocycles. The number of carbonyl (C=O) groups is 1. The molecule has 0 bridgehead atoms. The molecular formula is C42H45N3O7. The number of carboxylic acids is 1. The van der Waals surface area contributed by atoms with E-state index in [0.717, 1.165) is 55.4 Å². The number of aliphatic hydroxyl groups is 2. The zero-order chi connectivity index (χ0) is 36.1. The number of para-hydroxylation sites is 1. The third-order valence-electron chi connectivity index (χ3n) is 10.1. The fourth-order valence-electron chi connectivity index (χ4n) is 7.49. The maximum absolute atomic E-state index is 13.0. The van der Waals surface area contributed by atoms with Gasteiger partial charge in [0.15, 0.2) is 0 Å². The number of carboxylic acid groups (broad SMARTS) is 1. The van der Waals surface area contributed by atoms with Crippen LogP contribution in [0.5, 0.6) is 11.5 Å². The second-order valence-corrected chi connectivity index (χ2v) is 13.5. The van der Waals surface area contributed by atoms with Gasteiger partial charge < -0.3 is 34.1 Å². The summed E-state index contributed by atoms with van der Waals surface area (Å²) in [6.07, 6.45) is 3.43. The Kier molecular flexibility index (Phi) is 10.6. The summed E-state index contributed by atoms with van der Waals surface area (Å²) < 4.78 is 19.8. The number of hydrogen-bond acceptors (Lipinski definition) is 7. The van der Waals surface area contributed by atoms with E-state index in [0.29, 0.717) is 76.3 Å². The van der Waals surface area contributed by atoms with Crippen LogP contribution >= 0.6 is 0 Å². The highest BCUT2D eigenvalue weighted by Crippen LogP contribution is 2.39. The average molecular weight is 704 g/mol. The van der Waals surface area contributed by atoms with Crippen molar-refractivity contribution >= 4 is 27.6 Å². The second kappa shape index (κ2) is 15.6. The highest BCUT2D eigenvalue weighted by Gasteiger charge is 2.32. The van der Waals surface area contributed by atoms with E-state index < -0.39 is 11.6 Å². The molecule has 0 spiro atoms. The minimum Gasteiger partial charge on any atom is -0.493 e. The predicted molar refractivity (Wildman–Crippen MR) is 200 cm³/mol. The van der Waals surface area contributed by atoms with Crippen LogP contribution in [0.4, 0.5) is 0 Å². The van der Waals surface area contributed by atoms with E-state index in [1.807, 2.05) is 84.3 Å². The molecule has 0 radical (unpaired) electrons. The van der Waals surface area contributed by atoms with Crippen LogP contribution in [0.25, 0.3) is 32.8 Å². The smallest absolute Gasteiger partial charge is 0.352 e. The van der Waals surface area contributed by atoms with Crippen LogP contribution < -0.4 is 9.47 Å². The first-order chi connectivity index (χ1) is 25.4. The van der Waals surface area contributed by atoms with Crippen LogP contribution in [0.3, 0.4) is 0 Å². The zero-order valence-electron chi connectivity index (χ0n) is 29.4. The first-order valence-electron chi connectivity index (χ1n) is 18.0. The number of aliphatic hydroxyl groups excluding tert-OH is 1. The summed E-state index contributed by atoms with van der Waals surface area (Å²) in [6.45, 7) is 4.10. The van der Waals surface area contributed by atoms with Gasteiger partial charge in [0.05, 0.1) is 17.7 Å². The first kappa shape index (κ1) is 35.3. The van der Waals surface area contributed by atoms with Crippen LogP contribution in [-0.4, -0.2) is 62.5 Å². The number of H-pyrrole nitrogens is 1. The largest absolute Gasteiger partial charge is 0.493 e. The number of nitrogens with one attached hydrogen (secondary N) is 1. The molecule has 0 atom stereocenters. The number of aromatic nitrogens is 3. The van der Waals surface area contributed by atoms with Crippen molar-refractivity contribution in [2.75, 3.05) is 26.4 Å². The Bertz CT molecular complexity index is 2160. The van der Waals surface area contributed by atoms with E-state index in [9.17, 15) is 20.1 Å². The molecule has 1 fully saturated rings. The van der Waals surface area contributed by atoms with E-state index in [-0.39, 0.29) is 18.9 Å².